The molecule has 81 heavy (non-hydrogen) atoms. The number of nitrogens with two attached hydrogens (primary N) is 1. The number of aliphatic imine (C=N–C) groups is 1. The van der Waals surface area contributed by atoms with Gasteiger partial charge in [-0.3, -0.25) is 14.7 Å². The molecule has 3 fully saturated rings. The number of hydrogen-bond acceptors (Lipinski definition) is 16. The van der Waals surface area contributed by atoms with E-state index in [-0.39, 0.29) is 68.2 Å². The van der Waals surface area contributed by atoms with Crippen molar-refractivity contribution in [2.75, 3.05) is 119 Å². The molecule has 2 saturated carbocycles. The second-order valence-corrected chi connectivity index (χ2v) is 21.0. The summed E-state index contributed by atoms with van der Waals surface area (Å²) < 4.78 is 81.7. The molecule has 0 radical (unpaired) electrons. The van der Waals surface area contributed by atoms with E-state index >= 15 is 0 Å². The molecule has 4 atom stereocenters. The molecule has 2 heterocycles. The third-order valence-corrected chi connectivity index (χ3v) is 14.9. The lowest BCUT2D eigenvalue weighted by atomic mass is 9.81. The Morgan fingerprint density at radius 1 is 0.765 bits per heavy atom. The number of benzene rings is 2. The van der Waals surface area contributed by atoms with Crippen molar-refractivity contribution < 1.29 is 56.2 Å². The molecule has 1 amide bonds. The predicted octanol–water partition coefficient (Wildman–Crippen LogP) is 9.12. The van der Waals surface area contributed by atoms with Crippen LogP contribution in [0.3, 0.4) is 0 Å². The van der Waals surface area contributed by atoms with Gasteiger partial charge in [0.2, 0.25) is 11.8 Å². The van der Waals surface area contributed by atoms with Crippen molar-refractivity contribution >= 4 is 17.8 Å². The van der Waals surface area contributed by atoms with E-state index in [0.717, 1.165) is 75.3 Å². The van der Waals surface area contributed by atoms with Crippen molar-refractivity contribution in [3.63, 3.8) is 0 Å². The van der Waals surface area contributed by atoms with Crippen LogP contribution in [-0.4, -0.2) is 180 Å². The summed E-state index contributed by atoms with van der Waals surface area (Å²) in [7, 11) is 0. The SMILES string of the molecule is CC.CCCOCCOCCOCCOCCN=C/C(COCCOCCOCCOCCc1nnc(C2CC(OCc3ccccc3)C2)n1C(C)CC1CCC(C)N1CCC(NC(=O)C1CCC(F)(F)CC1)c1ccccc1)=N\N. The second-order valence-electron chi connectivity index (χ2n) is 21.0. The number of hydrogen-bond donors (Lipinski definition) is 2. The van der Waals surface area contributed by atoms with Gasteiger partial charge in [-0.05, 0) is 82.8 Å². The lowest BCUT2D eigenvalue weighted by Crippen LogP contribution is -2.41. The van der Waals surface area contributed by atoms with Crippen molar-refractivity contribution in [3.8, 4) is 0 Å². The Bertz CT molecular complexity index is 2150. The van der Waals surface area contributed by atoms with Crippen molar-refractivity contribution in [2.45, 2.75) is 160 Å². The summed E-state index contributed by atoms with van der Waals surface area (Å²) in [5.41, 5.74) is 2.72. The number of aromatic nitrogens is 3. The summed E-state index contributed by atoms with van der Waals surface area (Å²) in [5.74, 6) is 4.52. The van der Waals surface area contributed by atoms with E-state index < -0.39 is 5.92 Å². The van der Waals surface area contributed by atoms with Crippen LogP contribution in [0.15, 0.2) is 70.8 Å². The monoisotopic (exact) mass is 1140 g/mol. The lowest BCUT2D eigenvalue weighted by molar-refractivity contribution is -0.130. The van der Waals surface area contributed by atoms with Gasteiger partial charge in [0.25, 0.3) is 0 Å². The highest BCUT2D eigenvalue weighted by Gasteiger charge is 2.40. The van der Waals surface area contributed by atoms with Crippen LogP contribution in [0.5, 0.6) is 0 Å². The quantitative estimate of drug-likeness (QED) is 0.0236. The fourth-order valence-corrected chi connectivity index (χ4v) is 10.4. The van der Waals surface area contributed by atoms with Crippen LogP contribution in [0.25, 0.3) is 0 Å². The maximum absolute atomic E-state index is 14.0. The summed E-state index contributed by atoms with van der Waals surface area (Å²) in [6.45, 7) is 20.1. The Morgan fingerprint density at radius 2 is 1.33 bits per heavy atom. The number of alkyl halides is 2. The number of ether oxygens (including phenoxy) is 9. The van der Waals surface area contributed by atoms with Gasteiger partial charge in [0, 0.05) is 68.6 Å². The Morgan fingerprint density at radius 3 is 1.94 bits per heavy atom. The fraction of sp³-hybridized carbons (Fsp3) is 0.721. The van der Waals surface area contributed by atoms with Crippen molar-refractivity contribution in [2.24, 2.45) is 21.9 Å². The van der Waals surface area contributed by atoms with Crippen molar-refractivity contribution in [1.82, 2.24) is 25.0 Å². The second kappa shape index (κ2) is 40.0. The average Bonchev–Trinajstić information content (AvgIpc) is 4.05. The summed E-state index contributed by atoms with van der Waals surface area (Å²) in [6, 6.07) is 20.9. The van der Waals surface area contributed by atoms with Gasteiger partial charge in [-0.2, -0.15) is 5.10 Å². The fourth-order valence-electron chi connectivity index (χ4n) is 10.4. The highest BCUT2D eigenvalue weighted by molar-refractivity contribution is 6.31. The zero-order chi connectivity index (χ0) is 57.8. The molecule has 6 rings (SSSR count). The summed E-state index contributed by atoms with van der Waals surface area (Å²) in [6.07, 6.45) is 8.93. The van der Waals surface area contributed by atoms with Gasteiger partial charge in [0.1, 0.15) is 17.4 Å². The summed E-state index contributed by atoms with van der Waals surface area (Å²) in [4.78, 5) is 20.5. The highest BCUT2D eigenvalue weighted by atomic mass is 19.3. The maximum atomic E-state index is 14.0. The number of rotatable bonds is 42. The third-order valence-electron chi connectivity index (χ3n) is 14.9. The molecule has 1 saturated heterocycles. The smallest absolute Gasteiger partial charge is 0.248 e. The molecule has 3 aliphatic rings. The minimum Gasteiger partial charge on any atom is -0.379 e. The molecule has 2 aliphatic carbocycles. The van der Waals surface area contributed by atoms with Gasteiger partial charge in [-0.15, -0.1) is 10.2 Å². The van der Waals surface area contributed by atoms with E-state index in [1.54, 1.807) is 6.21 Å². The largest absolute Gasteiger partial charge is 0.379 e. The van der Waals surface area contributed by atoms with Gasteiger partial charge in [0.05, 0.1) is 124 Å². The lowest BCUT2D eigenvalue weighted by Gasteiger charge is -2.36. The molecule has 2 aromatic carbocycles. The van der Waals surface area contributed by atoms with E-state index in [4.69, 9.17) is 58.7 Å². The van der Waals surface area contributed by atoms with Crippen LogP contribution in [0.2, 0.25) is 0 Å². The molecule has 1 aliphatic heterocycles. The molecular formula is C61H98F2N8O10. The topological polar surface area (TPSA) is 197 Å². The van der Waals surface area contributed by atoms with Gasteiger partial charge >= 0.3 is 0 Å². The Hall–Kier alpha value is -4.35. The van der Waals surface area contributed by atoms with E-state index in [2.05, 4.69) is 57.8 Å². The first kappa shape index (κ1) is 67.4. The number of amides is 1. The predicted molar refractivity (Wildman–Crippen MR) is 311 cm³/mol. The average molecular weight is 1140 g/mol. The number of nitrogens with one attached hydrogen (secondary N) is 1. The molecule has 0 spiro atoms. The van der Waals surface area contributed by atoms with Crippen molar-refractivity contribution in [3.05, 3.63) is 83.4 Å². The first-order valence-corrected chi connectivity index (χ1v) is 30.1. The minimum atomic E-state index is -2.68. The van der Waals surface area contributed by atoms with Crippen LogP contribution in [-0.2, 0) is 60.5 Å². The summed E-state index contributed by atoms with van der Waals surface area (Å²) >= 11 is 0. The highest BCUT2D eigenvalue weighted by Crippen LogP contribution is 2.41. The van der Waals surface area contributed by atoms with Crippen molar-refractivity contribution in [1.29, 1.82) is 0 Å². The van der Waals surface area contributed by atoms with E-state index in [0.29, 0.717) is 130 Å². The first-order valence-electron chi connectivity index (χ1n) is 30.1. The molecular weight excluding hydrogens is 1040 g/mol. The maximum Gasteiger partial charge on any atom is 0.248 e. The van der Waals surface area contributed by atoms with Crippen LogP contribution >= 0.6 is 0 Å². The standard InChI is InChI=1S/C59H92F2N8O10.C2H6/c1-4-25-71-28-31-74-34-35-76-33-30-73-27-23-63-43-52(65-62)45-78-39-38-77-37-36-75-32-29-72-26-20-56-66-67-57(51-41-54(42-51)79-44-48-11-7-5-8-12-48)69(56)47(3)40-53-16-15-46(2)68(53)24-19-55(49-13-9-6-10-14-49)64-58(70)50-17-21-59(60,61)22-18-50;1-2/h5-14,43,46-47,50-51,53-55H,4,15-42,44-45,62H2,1-3H3,(H,64,70);1-2H3/b63-43?,65-52+;. The Labute approximate surface area is 481 Å². The number of carbonyl (C=O) groups excluding carboxylic acids is 1. The zero-order valence-electron chi connectivity index (χ0n) is 49.4. The minimum absolute atomic E-state index is 0.118. The molecule has 4 unspecified atom stereocenters. The van der Waals surface area contributed by atoms with Crippen LogP contribution < -0.4 is 11.2 Å². The summed E-state index contributed by atoms with van der Waals surface area (Å²) in [5, 5.41) is 16.7. The molecule has 3 aromatic rings. The van der Waals surface area contributed by atoms with Gasteiger partial charge in [0.15, 0.2) is 0 Å². The molecule has 0 bridgehead atoms. The van der Waals surface area contributed by atoms with E-state index in [1.165, 1.54) is 5.56 Å². The molecule has 456 valence electrons. The van der Waals surface area contributed by atoms with Gasteiger partial charge in [-0.25, -0.2) is 8.78 Å². The van der Waals surface area contributed by atoms with E-state index in [1.807, 2.05) is 62.4 Å². The van der Waals surface area contributed by atoms with Gasteiger partial charge in [-0.1, -0.05) is 81.4 Å². The van der Waals surface area contributed by atoms with Crippen LogP contribution in [0.4, 0.5) is 8.78 Å². The van der Waals surface area contributed by atoms with Gasteiger partial charge < -0.3 is 58.4 Å². The Balaban J connectivity index is 0.00000595. The number of nitrogens with zero attached hydrogens (tertiary/aromatic N) is 6. The first-order chi connectivity index (χ1) is 39.6. The van der Waals surface area contributed by atoms with E-state index in [9.17, 15) is 13.6 Å². The molecule has 20 heteroatoms. The number of carbonyl (C=O) groups is 1. The third kappa shape index (κ3) is 25.6. The van der Waals surface area contributed by atoms with Crippen LogP contribution in [0, 0.1) is 5.92 Å². The molecule has 18 nitrogen and oxygen atoms in total. The molecule has 1 aromatic heterocycles. The Kier molecular flexibility index (Phi) is 33.3. The molecule has 3 N–H and O–H groups in total. The number of hydrazone groups is 1. The normalized spacial score (nSPS) is 20.3. The number of likely N-dealkylation sites (tertiary alicyclic amines) is 1. The zero-order valence-corrected chi connectivity index (χ0v) is 49.4. The van der Waals surface area contributed by atoms with Crippen LogP contribution in [0.1, 0.15) is 146 Å². The number of halogens is 2.